The molecule has 0 fully saturated rings. The number of nitriles is 1. The molecule has 2 N–H and O–H groups in total. The molecule has 0 saturated carbocycles. The Balaban J connectivity index is 1.78. The van der Waals surface area contributed by atoms with E-state index in [2.05, 4.69) is 27.1 Å². The van der Waals surface area contributed by atoms with E-state index in [1.54, 1.807) is 24.4 Å². The first-order valence-electron chi connectivity index (χ1n) is 8.44. The Bertz CT molecular complexity index is 1080. The van der Waals surface area contributed by atoms with Crippen LogP contribution in [0.25, 0.3) is 11.3 Å². The highest BCUT2D eigenvalue weighted by Crippen LogP contribution is 2.19. The molecule has 0 aliphatic carbocycles. The summed E-state index contributed by atoms with van der Waals surface area (Å²) in [5, 5.41) is 13.4. The van der Waals surface area contributed by atoms with Crippen molar-refractivity contribution in [3.8, 4) is 23.1 Å². The maximum Gasteiger partial charge on any atom is 0.270 e. The first-order valence-corrected chi connectivity index (χ1v) is 8.44. The average Bonchev–Trinajstić information content (AvgIpc) is 2.73. The number of aromatic amines is 1. The number of benzene rings is 2. The van der Waals surface area contributed by atoms with Crippen LogP contribution in [0.5, 0.6) is 5.75 Å². The molecule has 0 bridgehead atoms. The van der Waals surface area contributed by atoms with Gasteiger partial charge in [-0.1, -0.05) is 43.0 Å². The molecule has 0 saturated heterocycles. The number of ether oxygens (including phenoxy) is 1. The highest BCUT2D eigenvalue weighted by Gasteiger charge is 2.12. The maximum absolute atomic E-state index is 12.2. The van der Waals surface area contributed by atoms with E-state index < -0.39 is 5.56 Å². The zero-order valence-corrected chi connectivity index (χ0v) is 14.9. The van der Waals surface area contributed by atoms with Gasteiger partial charge in [0.1, 0.15) is 24.0 Å². The first-order chi connectivity index (χ1) is 13.7. The lowest BCUT2D eigenvalue weighted by Gasteiger charge is -2.06. The van der Waals surface area contributed by atoms with Crippen molar-refractivity contribution >= 4 is 12.2 Å². The maximum atomic E-state index is 12.2. The van der Waals surface area contributed by atoms with Gasteiger partial charge in [0.25, 0.3) is 5.56 Å². The minimum Gasteiger partial charge on any atom is -0.490 e. The molecule has 0 aliphatic heterocycles. The lowest BCUT2D eigenvalue weighted by molar-refractivity contribution is 0.363. The SMILES string of the molecule is C=CCOc1ccc(C=NNc2nc(-c3ccccc3)c(C#N)c(=O)[nH]2)cc1. The Morgan fingerprint density at radius 1 is 1.21 bits per heavy atom. The van der Waals surface area contributed by atoms with Crippen LogP contribution in [-0.4, -0.2) is 22.8 Å². The summed E-state index contributed by atoms with van der Waals surface area (Å²) in [6, 6.07) is 18.3. The second-order valence-electron chi connectivity index (χ2n) is 5.65. The minimum atomic E-state index is -0.530. The fourth-order valence-electron chi connectivity index (χ4n) is 2.41. The summed E-state index contributed by atoms with van der Waals surface area (Å²) in [5.41, 5.74) is 3.92. The summed E-state index contributed by atoms with van der Waals surface area (Å²) in [7, 11) is 0. The first kappa shape index (κ1) is 18.6. The topological polar surface area (TPSA) is 103 Å². The summed E-state index contributed by atoms with van der Waals surface area (Å²) in [6.45, 7) is 4.04. The molecule has 0 amide bonds. The number of hydrogen-bond donors (Lipinski definition) is 2. The molecular weight excluding hydrogens is 354 g/mol. The van der Waals surface area contributed by atoms with E-state index in [4.69, 9.17) is 4.74 Å². The molecule has 0 radical (unpaired) electrons. The lowest BCUT2D eigenvalue weighted by atomic mass is 10.1. The van der Waals surface area contributed by atoms with Crippen molar-refractivity contribution in [1.29, 1.82) is 5.26 Å². The minimum absolute atomic E-state index is 0.0455. The molecule has 1 heterocycles. The predicted molar refractivity (Wildman–Crippen MR) is 108 cm³/mol. The number of nitrogens with zero attached hydrogens (tertiary/aromatic N) is 3. The predicted octanol–water partition coefficient (Wildman–Crippen LogP) is 3.32. The van der Waals surface area contributed by atoms with Gasteiger partial charge in [0.15, 0.2) is 0 Å². The van der Waals surface area contributed by atoms with Gasteiger partial charge in [0.2, 0.25) is 5.95 Å². The highest BCUT2D eigenvalue weighted by molar-refractivity contribution is 5.80. The molecule has 1 aromatic heterocycles. The van der Waals surface area contributed by atoms with Gasteiger partial charge in [-0.2, -0.15) is 10.4 Å². The number of nitrogens with one attached hydrogen (secondary N) is 2. The molecule has 7 heteroatoms. The van der Waals surface area contributed by atoms with Gasteiger partial charge in [-0.05, 0) is 29.8 Å². The van der Waals surface area contributed by atoms with Gasteiger partial charge >= 0.3 is 0 Å². The standard InChI is InChI=1S/C21H17N5O2/c1-2-12-28-17-10-8-15(9-11-17)14-23-26-21-24-19(16-6-4-3-5-7-16)18(13-22)20(27)25-21/h2-11,14H,1,12H2,(H2,24,25,26,27). The number of hydrazone groups is 1. The molecule has 28 heavy (non-hydrogen) atoms. The van der Waals surface area contributed by atoms with Crippen molar-refractivity contribution in [3.05, 3.63) is 88.7 Å². The van der Waals surface area contributed by atoms with Crippen LogP contribution in [0, 0.1) is 11.3 Å². The van der Waals surface area contributed by atoms with Crippen molar-refractivity contribution in [2.24, 2.45) is 5.10 Å². The Morgan fingerprint density at radius 3 is 2.64 bits per heavy atom. The molecular formula is C21H17N5O2. The molecule has 0 atom stereocenters. The second-order valence-corrected chi connectivity index (χ2v) is 5.65. The fraction of sp³-hybridized carbons (Fsp3) is 0.0476. The van der Waals surface area contributed by atoms with E-state index in [1.165, 1.54) is 0 Å². The Kier molecular flexibility index (Phi) is 5.95. The van der Waals surface area contributed by atoms with Crippen LogP contribution in [0.15, 0.2) is 77.1 Å². The van der Waals surface area contributed by atoms with Gasteiger partial charge in [0, 0.05) is 5.56 Å². The molecule has 138 valence electrons. The van der Waals surface area contributed by atoms with Crippen molar-refractivity contribution in [3.63, 3.8) is 0 Å². The van der Waals surface area contributed by atoms with Crippen LogP contribution >= 0.6 is 0 Å². The summed E-state index contributed by atoms with van der Waals surface area (Å²) in [6.07, 6.45) is 3.26. The van der Waals surface area contributed by atoms with E-state index >= 15 is 0 Å². The molecule has 3 aromatic rings. The molecule has 0 spiro atoms. The third-order valence-electron chi connectivity index (χ3n) is 3.71. The number of hydrogen-bond acceptors (Lipinski definition) is 6. The lowest BCUT2D eigenvalue weighted by Crippen LogP contribution is -2.16. The van der Waals surface area contributed by atoms with Crippen LogP contribution in [0.3, 0.4) is 0 Å². The largest absolute Gasteiger partial charge is 0.490 e. The van der Waals surface area contributed by atoms with Crippen molar-refractivity contribution in [2.75, 3.05) is 12.0 Å². The quantitative estimate of drug-likeness (QED) is 0.377. The summed E-state index contributed by atoms with van der Waals surface area (Å²) in [5.74, 6) is 0.876. The van der Waals surface area contributed by atoms with Crippen LogP contribution < -0.4 is 15.7 Å². The van der Waals surface area contributed by atoms with E-state index in [-0.39, 0.29) is 11.5 Å². The average molecular weight is 371 g/mol. The van der Waals surface area contributed by atoms with Crippen molar-refractivity contribution in [2.45, 2.75) is 0 Å². The fourth-order valence-corrected chi connectivity index (χ4v) is 2.41. The van der Waals surface area contributed by atoms with Gasteiger partial charge in [0.05, 0.1) is 11.9 Å². The number of rotatable bonds is 7. The normalized spacial score (nSPS) is 10.4. The summed E-state index contributed by atoms with van der Waals surface area (Å²) in [4.78, 5) is 19.0. The monoisotopic (exact) mass is 371 g/mol. The smallest absolute Gasteiger partial charge is 0.270 e. The van der Waals surface area contributed by atoms with Crippen LogP contribution in [0.1, 0.15) is 11.1 Å². The molecule has 2 aromatic carbocycles. The number of aromatic nitrogens is 2. The van der Waals surface area contributed by atoms with Gasteiger partial charge < -0.3 is 4.74 Å². The van der Waals surface area contributed by atoms with Crippen molar-refractivity contribution in [1.82, 2.24) is 9.97 Å². The van der Waals surface area contributed by atoms with E-state index in [9.17, 15) is 10.1 Å². The zero-order valence-electron chi connectivity index (χ0n) is 14.9. The molecule has 7 nitrogen and oxygen atoms in total. The third kappa shape index (κ3) is 4.51. The van der Waals surface area contributed by atoms with Gasteiger partial charge in [-0.15, -0.1) is 0 Å². The molecule has 3 rings (SSSR count). The summed E-state index contributed by atoms with van der Waals surface area (Å²) < 4.78 is 5.42. The number of H-pyrrole nitrogens is 1. The molecule has 0 aliphatic rings. The van der Waals surface area contributed by atoms with Crippen molar-refractivity contribution < 1.29 is 4.74 Å². The van der Waals surface area contributed by atoms with E-state index in [0.29, 0.717) is 17.9 Å². The Hall–Kier alpha value is -4.18. The third-order valence-corrected chi connectivity index (χ3v) is 3.71. The van der Waals surface area contributed by atoms with Crippen LogP contribution in [-0.2, 0) is 0 Å². The summed E-state index contributed by atoms with van der Waals surface area (Å²) >= 11 is 0. The second kappa shape index (κ2) is 8.96. The van der Waals surface area contributed by atoms with Gasteiger partial charge in [-0.3, -0.25) is 9.78 Å². The van der Waals surface area contributed by atoms with E-state index in [0.717, 1.165) is 11.3 Å². The zero-order chi connectivity index (χ0) is 19.8. The highest BCUT2D eigenvalue weighted by atomic mass is 16.5. The van der Waals surface area contributed by atoms with E-state index in [1.807, 2.05) is 48.5 Å². The Morgan fingerprint density at radius 2 is 1.96 bits per heavy atom. The Labute approximate surface area is 161 Å². The van der Waals surface area contributed by atoms with Gasteiger partial charge in [-0.25, -0.2) is 10.4 Å². The number of anilines is 1. The van der Waals surface area contributed by atoms with Crippen LogP contribution in [0.4, 0.5) is 5.95 Å². The molecule has 0 unspecified atom stereocenters. The van der Waals surface area contributed by atoms with Crippen LogP contribution in [0.2, 0.25) is 0 Å².